The van der Waals surface area contributed by atoms with Crippen molar-refractivity contribution in [1.82, 2.24) is 10.3 Å². The standard InChI is InChI=1S/C11H17IN2O/c1-8-6-14-10(7-13-5-4-12)9(2)11(8)15-3/h6,13H,4-5,7H2,1-3H3. The molecular formula is C11H17IN2O. The lowest BCUT2D eigenvalue weighted by molar-refractivity contribution is 0.406. The molecule has 0 fully saturated rings. The van der Waals surface area contributed by atoms with E-state index in [0.717, 1.165) is 40.1 Å². The summed E-state index contributed by atoms with van der Waals surface area (Å²) >= 11 is 2.35. The minimum atomic E-state index is 0.811. The number of hydrogen-bond donors (Lipinski definition) is 1. The third-order valence-corrected chi connectivity index (χ3v) is 2.85. The Hall–Kier alpha value is -0.360. The van der Waals surface area contributed by atoms with Crippen LogP contribution in [0, 0.1) is 13.8 Å². The van der Waals surface area contributed by atoms with E-state index >= 15 is 0 Å². The zero-order chi connectivity index (χ0) is 11.3. The summed E-state index contributed by atoms with van der Waals surface area (Å²) in [5.74, 6) is 0.955. The van der Waals surface area contributed by atoms with E-state index in [1.807, 2.05) is 13.1 Å². The highest BCUT2D eigenvalue weighted by Crippen LogP contribution is 2.23. The van der Waals surface area contributed by atoms with Gasteiger partial charge in [-0.15, -0.1) is 0 Å². The second kappa shape index (κ2) is 6.27. The van der Waals surface area contributed by atoms with Crippen LogP contribution in [0.1, 0.15) is 16.8 Å². The first-order chi connectivity index (χ1) is 7.20. The topological polar surface area (TPSA) is 34.1 Å². The summed E-state index contributed by atoms with van der Waals surface area (Å²) in [4.78, 5) is 4.41. The maximum atomic E-state index is 5.35. The highest BCUT2D eigenvalue weighted by Gasteiger charge is 2.08. The van der Waals surface area contributed by atoms with Gasteiger partial charge in [0.15, 0.2) is 0 Å². The molecule has 0 saturated carbocycles. The number of pyridine rings is 1. The lowest BCUT2D eigenvalue weighted by Crippen LogP contribution is -2.17. The number of aromatic nitrogens is 1. The highest BCUT2D eigenvalue weighted by atomic mass is 127. The Bertz CT molecular complexity index is 329. The van der Waals surface area contributed by atoms with Crippen LogP contribution in [0.15, 0.2) is 6.20 Å². The summed E-state index contributed by atoms with van der Waals surface area (Å²) in [6, 6.07) is 0. The molecule has 0 aliphatic carbocycles. The van der Waals surface area contributed by atoms with E-state index in [1.54, 1.807) is 7.11 Å². The van der Waals surface area contributed by atoms with Crippen LogP contribution in [0.5, 0.6) is 5.75 Å². The number of rotatable bonds is 5. The Kier molecular flexibility index (Phi) is 5.31. The van der Waals surface area contributed by atoms with Crippen molar-refractivity contribution in [3.63, 3.8) is 0 Å². The van der Waals surface area contributed by atoms with Gasteiger partial charge < -0.3 is 10.1 Å². The summed E-state index contributed by atoms with van der Waals surface area (Å²) in [6.07, 6.45) is 1.87. The molecule has 1 aromatic rings. The summed E-state index contributed by atoms with van der Waals surface area (Å²) in [6.45, 7) is 5.89. The zero-order valence-electron chi connectivity index (χ0n) is 9.43. The molecule has 0 amide bonds. The lowest BCUT2D eigenvalue weighted by Gasteiger charge is -2.12. The fraction of sp³-hybridized carbons (Fsp3) is 0.545. The fourth-order valence-electron chi connectivity index (χ4n) is 1.52. The molecule has 0 bridgehead atoms. The molecule has 0 aliphatic rings. The second-order valence-corrected chi connectivity index (χ2v) is 4.49. The van der Waals surface area contributed by atoms with E-state index in [0.29, 0.717) is 0 Å². The van der Waals surface area contributed by atoms with Crippen molar-refractivity contribution in [3.05, 3.63) is 23.0 Å². The Morgan fingerprint density at radius 1 is 1.47 bits per heavy atom. The van der Waals surface area contributed by atoms with Gasteiger partial charge in [0.1, 0.15) is 5.75 Å². The van der Waals surface area contributed by atoms with Crippen LogP contribution in [0.25, 0.3) is 0 Å². The predicted molar refractivity (Wildman–Crippen MR) is 70.9 cm³/mol. The molecule has 1 N–H and O–H groups in total. The molecule has 15 heavy (non-hydrogen) atoms. The number of ether oxygens (including phenoxy) is 1. The normalized spacial score (nSPS) is 10.4. The number of halogens is 1. The number of aryl methyl sites for hydroxylation is 1. The molecule has 1 heterocycles. The Morgan fingerprint density at radius 3 is 2.80 bits per heavy atom. The van der Waals surface area contributed by atoms with Crippen LogP contribution < -0.4 is 10.1 Å². The zero-order valence-corrected chi connectivity index (χ0v) is 11.6. The van der Waals surface area contributed by atoms with Crippen LogP contribution in [-0.2, 0) is 6.54 Å². The third-order valence-electron chi connectivity index (χ3n) is 2.31. The van der Waals surface area contributed by atoms with Crippen LogP contribution in [0.4, 0.5) is 0 Å². The Labute approximate surface area is 105 Å². The van der Waals surface area contributed by atoms with Gasteiger partial charge in [0.2, 0.25) is 0 Å². The van der Waals surface area contributed by atoms with Crippen LogP contribution in [0.2, 0.25) is 0 Å². The average Bonchev–Trinajstić information content (AvgIpc) is 2.22. The molecule has 0 unspecified atom stereocenters. The van der Waals surface area contributed by atoms with Crippen molar-refractivity contribution in [3.8, 4) is 5.75 Å². The van der Waals surface area contributed by atoms with Gasteiger partial charge in [-0.25, -0.2) is 0 Å². The van der Waals surface area contributed by atoms with Gasteiger partial charge >= 0.3 is 0 Å². The van der Waals surface area contributed by atoms with Gasteiger partial charge in [-0.2, -0.15) is 0 Å². The minimum Gasteiger partial charge on any atom is -0.496 e. The van der Waals surface area contributed by atoms with Gasteiger partial charge in [-0.3, -0.25) is 4.98 Å². The summed E-state index contributed by atoms with van der Waals surface area (Å²) < 4.78 is 6.46. The van der Waals surface area contributed by atoms with Gasteiger partial charge in [0, 0.05) is 34.8 Å². The van der Waals surface area contributed by atoms with E-state index in [9.17, 15) is 0 Å². The summed E-state index contributed by atoms with van der Waals surface area (Å²) in [7, 11) is 1.71. The van der Waals surface area contributed by atoms with E-state index in [2.05, 4.69) is 39.8 Å². The maximum Gasteiger partial charge on any atom is 0.128 e. The molecule has 3 nitrogen and oxygen atoms in total. The molecule has 84 valence electrons. The van der Waals surface area contributed by atoms with Crippen molar-refractivity contribution in [2.24, 2.45) is 0 Å². The van der Waals surface area contributed by atoms with Gasteiger partial charge in [-0.05, 0) is 13.8 Å². The van der Waals surface area contributed by atoms with Crippen molar-refractivity contribution < 1.29 is 4.74 Å². The first-order valence-corrected chi connectivity index (χ1v) is 6.49. The van der Waals surface area contributed by atoms with E-state index in [1.165, 1.54) is 0 Å². The molecule has 0 spiro atoms. The molecule has 1 aromatic heterocycles. The number of hydrogen-bond acceptors (Lipinski definition) is 3. The smallest absolute Gasteiger partial charge is 0.128 e. The lowest BCUT2D eigenvalue weighted by atomic mass is 10.1. The second-order valence-electron chi connectivity index (χ2n) is 3.41. The largest absolute Gasteiger partial charge is 0.496 e. The van der Waals surface area contributed by atoms with Crippen molar-refractivity contribution in [2.45, 2.75) is 20.4 Å². The maximum absolute atomic E-state index is 5.35. The van der Waals surface area contributed by atoms with Gasteiger partial charge in [0.25, 0.3) is 0 Å². The molecule has 0 saturated heterocycles. The summed E-state index contributed by atoms with van der Waals surface area (Å²) in [5, 5.41) is 3.34. The monoisotopic (exact) mass is 320 g/mol. The number of nitrogens with one attached hydrogen (secondary N) is 1. The SMILES string of the molecule is COc1c(C)cnc(CNCCI)c1C. The molecule has 0 radical (unpaired) electrons. The van der Waals surface area contributed by atoms with Crippen molar-refractivity contribution in [1.29, 1.82) is 0 Å². The van der Waals surface area contributed by atoms with Crippen molar-refractivity contribution >= 4 is 22.6 Å². The number of methoxy groups -OCH3 is 1. The average molecular weight is 320 g/mol. The van der Waals surface area contributed by atoms with E-state index < -0.39 is 0 Å². The number of nitrogens with zero attached hydrogens (tertiary/aromatic N) is 1. The van der Waals surface area contributed by atoms with Crippen LogP contribution in [0.3, 0.4) is 0 Å². The van der Waals surface area contributed by atoms with E-state index in [-0.39, 0.29) is 0 Å². The minimum absolute atomic E-state index is 0.811. The Morgan fingerprint density at radius 2 is 2.20 bits per heavy atom. The first-order valence-electron chi connectivity index (χ1n) is 4.96. The molecule has 1 rings (SSSR count). The molecular weight excluding hydrogens is 303 g/mol. The quantitative estimate of drug-likeness (QED) is 0.513. The number of alkyl halides is 1. The van der Waals surface area contributed by atoms with Gasteiger partial charge in [-0.1, -0.05) is 22.6 Å². The third kappa shape index (κ3) is 3.31. The molecule has 0 aliphatic heterocycles. The van der Waals surface area contributed by atoms with Crippen LogP contribution in [-0.4, -0.2) is 23.1 Å². The molecule has 4 heteroatoms. The summed E-state index contributed by atoms with van der Waals surface area (Å²) in [5.41, 5.74) is 3.30. The first kappa shape index (κ1) is 12.7. The van der Waals surface area contributed by atoms with Crippen molar-refractivity contribution in [2.75, 3.05) is 18.1 Å². The van der Waals surface area contributed by atoms with E-state index in [4.69, 9.17) is 4.74 Å². The fourth-order valence-corrected chi connectivity index (χ4v) is 1.90. The molecule has 0 aromatic carbocycles. The molecule has 0 atom stereocenters. The predicted octanol–water partition coefficient (Wildman–Crippen LogP) is 2.23. The highest BCUT2D eigenvalue weighted by molar-refractivity contribution is 14.1. The van der Waals surface area contributed by atoms with Crippen LogP contribution >= 0.6 is 22.6 Å². The van der Waals surface area contributed by atoms with Gasteiger partial charge in [0.05, 0.1) is 12.8 Å². The Balaban J connectivity index is 2.80.